The third-order valence-electron chi connectivity index (χ3n) is 5.11. The van der Waals surface area contributed by atoms with Gasteiger partial charge in [0.2, 0.25) is 0 Å². The summed E-state index contributed by atoms with van der Waals surface area (Å²) in [4.78, 5) is 25.0. The molecule has 0 bridgehead atoms. The molecule has 2 aliphatic rings. The average molecular weight is 345 g/mol. The molecular formula is C20H20LiNO4. The van der Waals surface area contributed by atoms with Crippen LogP contribution in [-0.2, 0) is 9.53 Å². The number of carbonyl (C=O) groups excluding carboxylic acids is 1. The molecule has 1 aliphatic heterocycles. The zero-order valence-corrected chi connectivity index (χ0v) is 13.7. The quantitative estimate of drug-likeness (QED) is 0.869. The van der Waals surface area contributed by atoms with E-state index >= 15 is 0 Å². The predicted octanol–water partition coefficient (Wildman–Crippen LogP) is 2.84. The van der Waals surface area contributed by atoms with Crippen LogP contribution >= 0.6 is 0 Å². The summed E-state index contributed by atoms with van der Waals surface area (Å²) in [6, 6.07) is 15.5. The van der Waals surface area contributed by atoms with E-state index in [0.717, 1.165) is 11.1 Å². The van der Waals surface area contributed by atoms with Gasteiger partial charge in [0.25, 0.3) is 0 Å². The van der Waals surface area contributed by atoms with Crippen molar-refractivity contribution < 1.29 is 19.4 Å². The van der Waals surface area contributed by atoms with E-state index in [0.29, 0.717) is 19.4 Å². The predicted molar refractivity (Wildman–Crippen MR) is 99.6 cm³/mol. The van der Waals surface area contributed by atoms with Gasteiger partial charge in [-0.3, -0.25) is 4.90 Å². The minimum absolute atomic E-state index is 0. The number of ether oxygens (including phenoxy) is 1. The van der Waals surface area contributed by atoms with E-state index in [2.05, 4.69) is 24.3 Å². The number of fused-ring (bicyclic) bond motifs is 3. The summed E-state index contributed by atoms with van der Waals surface area (Å²) in [7, 11) is 0. The van der Waals surface area contributed by atoms with Crippen LogP contribution in [0.3, 0.4) is 0 Å². The van der Waals surface area contributed by atoms with Crippen molar-refractivity contribution in [3.05, 3.63) is 59.7 Å². The molecule has 1 N–H and O–H groups in total. The Morgan fingerprint density at radius 1 is 1.04 bits per heavy atom. The standard InChI is InChI=1S/C20H19NO4.Li.H/c22-19(23)18-10-5-11-21(18)20(24)25-12-17-15-8-3-1-6-13(15)14-7-2-4-9-16(14)17;;/h1-4,6-9,17-18H,5,10-12H2,(H,22,23);;/t18-;;/m0../s1. The molecule has 0 saturated carbocycles. The van der Waals surface area contributed by atoms with Crippen molar-refractivity contribution in [1.29, 1.82) is 0 Å². The molecule has 1 aliphatic carbocycles. The van der Waals surface area contributed by atoms with Crippen LogP contribution in [-0.4, -0.2) is 60.1 Å². The molecule has 1 heterocycles. The van der Waals surface area contributed by atoms with Gasteiger partial charge in [-0.2, -0.15) is 0 Å². The fourth-order valence-electron chi connectivity index (χ4n) is 3.92. The number of rotatable bonds is 3. The Bertz CT molecular complexity index is 793. The first-order valence-electron chi connectivity index (χ1n) is 8.51. The maximum absolute atomic E-state index is 12.4. The molecule has 0 spiro atoms. The summed E-state index contributed by atoms with van der Waals surface area (Å²) in [5.41, 5.74) is 4.63. The number of aliphatic carboxylic acids is 1. The van der Waals surface area contributed by atoms with Crippen molar-refractivity contribution in [2.45, 2.75) is 24.8 Å². The normalized spacial score (nSPS) is 18.0. The number of amides is 1. The van der Waals surface area contributed by atoms with Crippen molar-refractivity contribution >= 4 is 30.9 Å². The van der Waals surface area contributed by atoms with Gasteiger partial charge in [0.1, 0.15) is 12.6 Å². The number of carboxylic acids is 1. The number of carboxylic acid groups (broad SMARTS) is 1. The zero-order valence-electron chi connectivity index (χ0n) is 13.7. The Kier molecular flexibility index (Phi) is 5.40. The summed E-state index contributed by atoms with van der Waals surface area (Å²) in [6.45, 7) is 0.656. The third-order valence-corrected chi connectivity index (χ3v) is 5.11. The van der Waals surface area contributed by atoms with E-state index in [1.54, 1.807) is 0 Å². The molecule has 2 aromatic rings. The summed E-state index contributed by atoms with van der Waals surface area (Å²) in [6.07, 6.45) is 0.646. The molecule has 0 unspecified atom stereocenters. The van der Waals surface area contributed by atoms with Gasteiger partial charge in [-0.05, 0) is 35.1 Å². The molecule has 1 fully saturated rings. The first-order valence-corrected chi connectivity index (χ1v) is 8.51. The van der Waals surface area contributed by atoms with Crippen LogP contribution in [0.1, 0.15) is 29.9 Å². The molecule has 6 heteroatoms. The molecule has 2 aromatic carbocycles. The van der Waals surface area contributed by atoms with Crippen molar-refractivity contribution in [2.24, 2.45) is 0 Å². The van der Waals surface area contributed by atoms with Gasteiger partial charge in [0.05, 0.1) is 0 Å². The van der Waals surface area contributed by atoms with Gasteiger partial charge in [0, 0.05) is 12.5 Å². The maximum atomic E-state index is 12.4. The topological polar surface area (TPSA) is 66.8 Å². The van der Waals surface area contributed by atoms with E-state index in [1.807, 2.05) is 24.3 Å². The van der Waals surface area contributed by atoms with E-state index in [9.17, 15) is 14.7 Å². The second-order valence-electron chi connectivity index (χ2n) is 6.49. The van der Waals surface area contributed by atoms with Crippen molar-refractivity contribution in [3.63, 3.8) is 0 Å². The molecule has 1 atom stereocenters. The van der Waals surface area contributed by atoms with Gasteiger partial charge in [0.15, 0.2) is 0 Å². The second kappa shape index (κ2) is 7.57. The Morgan fingerprint density at radius 3 is 2.19 bits per heavy atom. The number of hydrogen-bond acceptors (Lipinski definition) is 3. The van der Waals surface area contributed by atoms with Crippen LogP contribution < -0.4 is 0 Å². The minimum atomic E-state index is -0.967. The van der Waals surface area contributed by atoms with Crippen molar-refractivity contribution in [1.82, 2.24) is 4.90 Å². The van der Waals surface area contributed by atoms with Crippen LogP contribution in [0, 0.1) is 0 Å². The fourth-order valence-corrected chi connectivity index (χ4v) is 3.92. The number of nitrogens with zero attached hydrogens (tertiary/aromatic N) is 1. The Morgan fingerprint density at radius 2 is 1.62 bits per heavy atom. The summed E-state index contributed by atoms with van der Waals surface area (Å²) in [5.74, 6) is -0.978. The molecule has 0 aromatic heterocycles. The third kappa shape index (κ3) is 3.13. The molecule has 130 valence electrons. The van der Waals surface area contributed by atoms with Gasteiger partial charge < -0.3 is 9.84 Å². The molecular weight excluding hydrogens is 325 g/mol. The van der Waals surface area contributed by atoms with E-state index in [4.69, 9.17) is 4.74 Å². The monoisotopic (exact) mass is 345 g/mol. The van der Waals surface area contributed by atoms with Crippen LogP contribution in [0.4, 0.5) is 4.79 Å². The average Bonchev–Trinajstić information content (AvgIpc) is 3.23. The van der Waals surface area contributed by atoms with Gasteiger partial charge >= 0.3 is 30.9 Å². The first-order chi connectivity index (χ1) is 12.2. The van der Waals surface area contributed by atoms with Crippen LogP contribution in [0.15, 0.2) is 48.5 Å². The zero-order chi connectivity index (χ0) is 17.4. The first kappa shape index (κ1) is 18.6. The molecule has 0 radical (unpaired) electrons. The van der Waals surface area contributed by atoms with Gasteiger partial charge in [-0.25, -0.2) is 9.59 Å². The molecule has 4 rings (SSSR count). The van der Waals surface area contributed by atoms with E-state index in [-0.39, 0.29) is 31.4 Å². The number of carbonyl (C=O) groups is 2. The van der Waals surface area contributed by atoms with E-state index < -0.39 is 18.1 Å². The van der Waals surface area contributed by atoms with Crippen LogP contribution in [0.25, 0.3) is 11.1 Å². The molecule has 5 nitrogen and oxygen atoms in total. The van der Waals surface area contributed by atoms with Crippen molar-refractivity contribution in [2.75, 3.05) is 13.2 Å². The number of benzene rings is 2. The summed E-state index contributed by atoms with van der Waals surface area (Å²) < 4.78 is 5.53. The van der Waals surface area contributed by atoms with Crippen LogP contribution in [0.5, 0.6) is 0 Å². The van der Waals surface area contributed by atoms with Crippen molar-refractivity contribution in [3.8, 4) is 11.1 Å². The second-order valence-corrected chi connectivity index (χ2v) is 6.49. The Hall–Kier alpha value is -2.22. The fraction of sp³-hybridized carbons (Fsp3) is 0.300. The molecule has 26 heavy (non-hydrogen) atoms. The molecule has 1 amide bonds. The van der Waals surface area contributed by atoms with Crippen LogP contribution in [0.2, 0.25) is 0 Å². The molecule has 1 saturated heterocycles. The Balaban J connectivity index is 0.00000196. The summed E-state index contributed by atoms with van der Waals surface area (Å²) in [5, 5.41) is 9.22. The number of hydrogen-bond donors (Lipinski definition) is 1. The number of likely N-dealkylation sites (tertiary alicyclic amines) is 1. The van der Waals surface area contributed by atoms with Gasteiger partial charge in [-0.15, -0.1) is 0 Å². The summed E-state index contributed by atoms with van der Waals surface area (Å²) >= 11 is 0. The SMILES string of the molecule is O=C(O)[C@@H]1CCCN1C(=O)OCC1c2ccccc2-c2ccccc21.[LiH]. The van der Waals surface area contributed by atoms with Gasteiger partial charge in [-0.1, -0.05) is 48.5 Å². The Labute approximate surface area is 164 Å². The van der Waals surface area contributed by atoms with E-state index in [1.165, 1.54) is 16.0 Å².